The van der Waals surface area contributed by atoms with E-state index < -0.39 is 0 Å². The van der Waals surface area contributed by atoms with Gasteiger partial charge in [-0.05, 0) is 101 Å². The van der Waals surface area contributed by atoms with E-state index in [0.717, 1.165) is 5.02 Å². The highest BCUT2D eigenvalue weighted by atomic mass is 35.5. The molecule has 0 nitrogen and oxygen atoms in total. The zero-order valence-electron chi connectivity index (χ0n) is 21.3. The van der Waals surface area contributed by atoms with Crippen molar-refractivity contribution in [1.29, 1.82) is 0 Å². The lowest BCUT2D eigenvalue weighted by Gasteiger charge is -2.21. The second-order valence-electron chi connectivity index (χ2n) is 11.1. The molecule has 0 fully saturated rings. The molecule has 0 amide bonds. The molecular formula is C37H25Cl. The Morgan fingerprint density at radius 3 is 1.89 bits per heavy atom. The van der Waals surface area contributed by atoms with Crippen molar-refractivity contribution in [1.82, 2.24) is 0 Å². The molecule has 7 aromatic rings. The normalized spacial score (nSPS) is 13.9. The lowest BCUT2D eigenvalue weighted by molar-refractivity contribution is 0.660. The highest BCUT2D eigenvalue weighted by molar-refractivity contribution is 6.31. The van der Waals surface area contributed by atoms with E-state index in [2.05, 4.69) is 123 Å². The zero-order chi connectivity index (χ0) is 25.6. The molecule has 0 aliphatic heterocycles. The topological polar surface area (TPSA) is 0 Å². The lowest BCUT2D eigenvalue weighted by atomic mass is 9.82. The molecule has 0 heterocycles. The molecule has 0 spiro atoms. The number of benzene rings is 7. The summed E-state index contributed by atoms with van der Waals surface area (Å²) in [6.07, 6.45) is 0. The number of hydrogen-bond donors (Lipinski definition) is 0. The van der Waals surface area contributed by atoms with Crippen LogP contribution in [0, 0.1) is 0 Å². The van der Waals surface area contributed by atoms with Gasteiger partial charge in [0.2, 0.25) is 0 Å². The minimum Gasteiger partial charge on any atom is -0.0843 e. The Hall–Kier alpha value is -4.13. The van der Waals surface area contributed by atoms with Crippen LogP contribution in [0.4, 0.5) is 0 Å². The highest BCUT2D eigenvalue weighted by Crippen LogP contribution is 2.51. The average molecular weight is 505 g/mol. The van der Waals surface area contributed by atoms with Gasteiger partial charge in [0.15, 0.2) is 0 Å². The summed E-state index contributed by atoms with van der Waals surface area (Å²) >= 11 is 6.47. The molecule has 0 radical (unpaired) electrons. The molecule has 0 aromatic heterocycles. The molecule has 7 aromatic carbocycles. The van der Waals surface area contributed by atoms with Crippen LogP contribution in [0.5, 0.6) is 0 Å². The van der Waals surface area contributed by atoms with Crippen molar-refractivity contribution in [2.45, 2.75) is 19.3 Å². The Labute approximate surface area is 227 Å². The van der Waals surface area contributed by atoms with Gasteiger partial charge in [0.1, 0.15) is 0 Å². The minimum atomic E-state index is -0.0425. The minimum absolute atomic E-state index is 0.0425. The smallest absolute Gasteiger partial charge is 0.0412 e. The highest BCUT2D eigenvalue weighted by Gasteiger charge is 2.35. The Morgan fingerprint density at radius 2 is 1.08 bits per heavy atom. The molecule has 8 rings (SSSR count). The second kappa shape index (κ2) is 7.69. The fraction of sp³-hybridized carbons (Fsp3) is 0.0811. The molecule has 1 aliphatic rings. The van der Waals surface area contributed by atoms with Crippen LogP contribution in [0.15, 0.2) is 115 Å². The van der Waals surface area contributed by atoms with Crippen LogP contribution >= 0.6 is 11.6 Å². The largest absolute Gasteiger partial charge is 0.0843 e. The van der Waals surface area contributed by atoms with Crippen molar-refractivity contribution in [3.8, 4) is 22.3 Å². The predicted octanol–water partition coefficient (Wildman–Crippen LogP) is 10.9. The van der Waals surface area contributed by atoms with Gasteiger partial charge < -0.3 is 0 Å². The summed E-state index contributed by atoms with van der Waals surface area (Å²) < 4.78 is 0. The van der Waals surface area contributed by atoms with Gasteiger partial charge in [-0.2, -0.15) is 0 Å². The van der Waals surface area contributed by atoms with Crippen LogP contribution in [-0.4, -0.2) is 0 Å². The van der Waals surface area contributed by atoms with E-state index >= 15 is 0 Å². The van der Waals surface area contributed by atoms with Crippen LogP contribution in [0.2, 0.25) is 5.02 Å². The molecule has 0 atom stereocenters. The van der Waals surface area contributed by atoms with Gasteiger partial charge in [-0.1, -0.05) is 116 Å². The van der Waals surface area contributed by atoms with Crippen LogP contribution in [-0.2, 0) is 5.41 Å². The van der Waals surface area contributed by atoms with Crippen LogP contribution in [0.1, 0.15) is 25.0 Å². The van der Waals surface area contributed by atoms with E-state index in [1.165, 1.54) is 76.5 Å². The molecule has 0 saturated heterocycles. The first-order chi connectivity index (χ1) is 18.5. The summed E-state index contributed by atoms with van der Waals surface area (Å²) in [6.45, 7) is 4.62. The number of halogens is 1. The summed E-state index contributed by atoms with van der Waals surface area (Å²) in [5.74, 6) is 0. The maximum atomic E-state index is 6.47. The monoisotopic (exact) mass is 504 g/mol. The van der Waals surface area contributed by atoms with Gasteiger partial charge in [0, 0.05) is 10.4 Å². The fourth-order valence-corrected chi connectivity index (χ4v) is 7.01. The van der Waals surface area contributed by atoms with Gasteiger partial charge in [-0.15, -0.1) is 0 Å². The van der Waals surface area contributed by atoms with Gasteiger partial charge >= 0.3 is 0 Å². The molecule has 0 unspecified atom stereocenters. The first-order valence-corrected chi connectivity index (χ1v) is 13.6. The second-order valence-corrected chi connectivity index (χ2v) is 11.5. The summed E-state index contributed by atoms with van der Waals surface area (Å²) in [4.78, 5) is 0. The fourth-order valence-electron chi connectivity index (χ4n) is 6.84. The first kappa shape index (κ1) is 21.9. The van der Waals surface area contributed by atoms with Crippen LogP contribution in [0.3, 0.4) is 0 Å². The van der Waals surface area contributed by atoms with Gasteiger partial charge in [0.25, 0.3) is 0 Å². The van der Waals surface area contributed by atoms with Crippen molar-refractivity contribution in [2.24, 2.45) is 0 Å². The quantitative estimate of drug-likeness (QED) is 0.195. The number of hydrogen-bond acceptors (Lipinski definition) is 0. The molecule has 0 N–H and O–H groups in total. The van der Waals surface area contributed by atoms with Gasteiger partial charge in [0.05, 0.1) is 0 Å². The van der Waals surface area contributed by atoms with E-state index in [0.29, 0.717) is 0 Å². The molecule has 38 heavy (non-hydrogen) atoms. The van der Waals surface area contributed by atoms with Crippen molar-refractivity contribution >= 4 is 54.7 Å². The summed E-state index contributed by atoms with van der Waals surface area (Å²) in [7, 11) is 0. The predicted molar refractivity (Wildman–Crippen MR) is 164 cm³/mol. The van der Waals surface area contributed by atoms with Gasteiger partial charge in [-0.25, -0.2) is 0 Å². The third kappa shape index (κ3) is 2.93. The molecule has 1 aliphatic carbocycles. The van der Waals surface area contributed by atoms with Crippen molar-refractivity contribution in [2.75, 3.05) is 0 Å². The maximum absolute atomic E-state index is 6.47. The summed E-state index contributed by atoms with van der Waals surface area (Å²) in [5.41, 5.74) is 7.71. The molecule has 0 bridgehead atoms. The average Bonchev–Trinajstić information content (AvgIpc) is 3.17. The van der Waals surface area contributed by atoms with Gasteiger partial charge in [-0.3, -0.25) is 0 Å². The molecule has 1 heteroatoms. The van der Waals surface area contributed by atoms with Crippen molar-refractivity contribution < 1.29 is 0 Å². The first-order valence-electron chi connectivity index (χ1n) is 13.2. The number of rotatable bonds is 1. The van der Waals surface area contributed by atoms with E-state index in [9.17, 15) is 0 Å². The Balaban J connectivity index is 1.46. The Bertz CT molecular complexity index is 2110. The zero-order valence-corrected chi connectivity index (χ0v) is 22.1. The summed E-state index contributed by atoms with van der Waals surface area (Å²) in [5, 5.41) is 11.2. The van der Waals surface area contributed by atoms with E-state index in [1.807, 2.05) is 6.07 Å². The standard InChI is InChI=1S/C37H25Cl/c1-37(2)33-17-15-24(19-31(33)32-21-26(38)16-18-34(32)37)30-20-25-14-13-23-12-11-22-7-3-4-8-27(22)35(23)36(25)29-10-6-5-9-28(29)30/h3-21H,1-2H3. The maximum Gasteiger partial charge on any atom is 0.0412 e. The molecular weight excluding hydrogens is 480 g/mol. The number of fused-ring (bicyclic) bond motifs is 10. The van der Waals surface area contributed by atoms with Crippen LogP contribution in [0.25, 0.3) is 65.3 Å². The van der Waals surface area contributed by atoms with Crippen molar-refractivity contribution in [3.05, 3.63) is 131 Å². The van der Waals surface area contributed by atoms with E-state index in [1.54, 1.807) is 0 Å². The van der Waals surface area contributed by atoms with Crippen LogP contribution < -0.4 is 0 Å². The third-order valence-corrected chi connectivity index (χ3v) is 8.91. The Morgan fingerprint density at radius 1 is 0.474 bits per heavy atom. The Kier molecular flexibility index (Phi) is 4.44. The SMILES string of the molecule is CC1(C)c2ccc(Cl)cc2-c2cc(-c3cc4ccc5ccc6ccccc6c5c4c4ccccc34)ccc21. The molecule has 0 saturated carbocycles. The van der Waals surface area contributed by atoms with E-state index in [4.69, 9.17) is 11.6 Å². The van der Waals surface area contributed by atoms with E-state index in [-0.39, 0.29) is 5.41 Å². The third-order valence-electron chi connectivity index (χ3n) is 8.68. The van der Waals surface area contributed by atoms with Crippen molar-refractivity contribution in [3.63, 3.8) is 0 Å². The lowest BCUT2D eigenvalue weighted by Crippen LogP contribution is -2.14. The molecule has 180 valence electrons. The summed E-state index contributed by atoms with van der Waals surface area (Å²) in [6, 6.07) is 42.4.